The van der Waals surface area contributed by atoms with Crippen LogP contribution in [0.2, 0.25) is 0 Å². The highest BCUT2D eigenvalue weighted by molar-refractivity contribution is 6.08. The van der Waals surface area contributed by atoms with Gasteiger partial charge in [0.15, 0.2) is 16.9 Å². The third-order valence-corrected chi connectivity index (χ3v) is 5.54. The SMILES string of the molecule is CCCCn1c(=O)[nH]c(=O)c2c1nc(COc1ccc(C(=O)c3ccccc3)cc1)n2CC. The Balaban J connectivity index is 1.58. The Morgan fingerprint density at radius 3 is 2.33 bits per heavy atom. The Morgan fingerprint density at radius 1 is 0.970 bits per heavy atom. The second kappa shape index (κ2) is 9.68. The van der Waals surface area contributed by atoms with E-state index in [-0.39, 0.29) is 12.4 Å². The van der Waals surface area contributed by atoms with Gasteiger partial charge in [-0.1, -0.05) is 43.7 Å². The number of aromatic nitrogens is 4. The van der Waals surface area contributed by atoms with Crippen LogP contribution in [0, 0.1) is 0 Å². The highest BCUT2D eigenvalue weighted by Crippen LogP contribution is 2.18. The zero-order valence-corrected chi connectivity index (χ0v) is 18.7. The standard InChI is InChI=1S/C25H26N4O4/c1-3-5-15-29-23-21(24(31)27-25(29)32)28(4-2)20(26-23)16-33-19-13-11-18(12-14-19)22(30)17-9-7-6-8-10-17/h6-14H,3-5,15-16H2,1-2H3,(H,27,31,32). The third kappa shape index (κ3) is 4.50. The summed E-state index contributed by atoms with van der Waals surface area (Å²) in [4.78, 5) is 44.4. The number of imidazole rings is 1. The van der Waals surface area contributed by atoms with Gasteiger partial charge in [-0.3, -0.25) is 19.1 Å². The Hall–Kier alpha value is -3.94. The number of carbonyl (C=O) groups is 1. The summed E-state index contributed by atoms with van der Waals surface area (Å²) in [6.07, 6.45) is 1.72. The third-order valence-electron chi connectivity index (χ3n) is 5.54. The smallest absolute Gasteiger partial charge is 0.330 e. The van der Waals surface area contributed by atoms with Crippen LogP contribution in [0.3, 0.4) is 0 Å². The van der Waals surface area contributed by atoms with E-state index in [4.69, 9.17) is 4.74 Å². The van der Waals surface area contributed by atoms with E-state index < -0.39 is 11.2 Å². The molecule has 0 aliphatic rings. The second-order valence-corrected chi connectivity index (χ2v) is 7.72. The molecule has 0 bridgehead atoms. The normalized spacial score (nSPS) is 11.1. The first kappa shape index (κ1) is 22.3. The lowest BCUT2D eigenvalue weighted by Crippen LogP contribution is -2.31. The molecule has 4 aromatic rings. The van der Waals surface area contributed by atoms with Gasteiger partial charge in [-0.2, -0.15) is 0 Å². The summed E-state index contributed by atoms with van der Waals surface area (Å²) < 4.78 is 9.18. The molecule has 0 aliphatic carbocycles. The van der Waals surface area contributed by atoms with Crippen molar-refractivity contribution in [1.82, 2.24) is 19.1 Å². The molecule has 4 rings (SSSR count). The summed E-state index contributed by atoms with van der Waals surface area (Å²) in [6, 6.07) is 16.0. The number of unbranched alkanes of at least 4 members (excludes halogenated alkanes) is 1. The van der Waals surface area contributed by atoms with E-state index in [2.05, 4.69) is 9.97 Å². The number of carbonyl (C=O) groups excluding carboxylic acids is 1. The van der Waals surface area contributed by atoms with Crippen LogP contribution in [-0.2, 0) is 19.7 Å². The van der Waals surface area contributed by atoms with Gasteiger partial charge in [0.1, 0.15) is 18.2 Å². The van der Waals surface area contributed by atoms with E-state index >= 15 is 0 Å². The lowest BCUT2D eigenvalue weighted by molar-refractivity contribution is 0.103. The van der Waals surface area contributed by atoms with Crippen molar-refractivity contribution in [2.45, 2.75) is 46.4 Å². The van der Waals surface area contributed by atoms with Crippen LogP contribution in [0.4, 0.5) is 0 Å². The monoisotopic (exact) mass is 446 g/mol. The number of aryl methyl sites for hydroxylation is 2. The van der Waals surface area contributed by atoms with Crippen molar-refractivity contribution < 1.29 is 9.53 Å². The van der Waals surface area contributed by atoms with E-state index in [0.717, 1.165) is 12.8 Å². The van der Waals surface area contributed by atoms with Gasteiger partial charge in [-0.15, -0.1) is 0 Å². The summed E-state index contributed by atoms with van der Waals surface area (Å²) in [5, 5.41) is 0. The fourth-order valence-corrected chi connectivity index (χ4v) is 3.80. The molecule has 0 amide bonds. The Kier molecular flexibility index (Phi) is 6.53. The Bertz CT molecular complexity index is 1380. The van der Waals surface area contributed by atoms with E-state index in [1.807, 2.05) is 32.0 Å². The maximum absolute atomic E-state index is 12.6. The van der Waals surface area contributed by atoms with Gasteiger partial charge in [-0.05, 0) is 37.6 Å². The van der Waals surface area contributed by atoms with Crippen LogP contribution in [0.1, 0.15) is 48.4 Å². The molecule has 33 heavy (non-hydrogen) atoms. The number of H-pyrrole nitrogens is 1. The average Bonchev–Trinajstić information content (AvgIpc) is 3.22. The van der Waals surface area contributed by atoms with E-state index in [1.165, 1.54) is 4.57 Å². The van der Waals surface area contributed by atoms with Crippen molar-refractivity contribution in [3.8, 4) is 5.75 Å². The van der Waals surface area contributed by atoms with Crippen LogP contribution in [0.25, 0.3) is 11.2 Å². The molecule has 0 saturated heterocycles. The fourth-order valence-electron chi connectivity index (χ4n) is 3.80. The molecule has 0 atom stereocenters. The molecule has 2 aromatic carbocycles. The summed E-state index contributed by atoms with van der Waals surface area (Å²) in [5.41, 5.74) is 1.04. The van der Waals surface area contributed by atoms with Crippen LogP contribution in [0.5, 0.6) is 5.75 Å². The van der Waals surface area contributed by atoms with Gasteiger partial charge < -0.3 is 9.30 Å². The van der Waals surface area contributed by atoms with Gasteiger partial charge >= 0.3 is 5.69 Å². The summed E-state index contributed by atoms with van der Waals surface area (Å²) in [7, 11) is 0. The van der Waals surface area contributed by atoms with Crippen molar-refractivity contribution in [3.63, 3.8) is 0 Å². The molecule has 1 N–H and O–H groups in total. The van der Waals surface area contributed by atoms with Crippen LogP contribution >= 0.6 is 0 Å². The van der Waals surface area contributed by atoms with Gasteiger partial charge in [0.05, 0.1) is 0 Å². The molecule has 0 spiro atoms. The molecule has 0 unspecified atom stereocenters. The molecule has 0 fully saturated rings. The summed E-state index contributed by atoms with van der Waals surface area (Å²) >= 11 is 0. The number of aromatic amines is 1. The first-order chi connectivity index (χ1) is 16.0. The molecule has 8 nitrogen and oxygen atoms in total. The second-order valence-electron chi connectivity index (χ2n) is 7.72. The molecular weight excluding hydrogens is 420 g/mol. The molecule has 2 aromatic heterocycles. The number of rotatable bonds is 9. The number of benzene rings is 2. The van der Waals surface area contributed by atoms with Crippen molar-refractivity contribution in [1.29, 1.82) is 0 Å². The van der Waals surface area contributed by atoms with Crippen LogP contribution in [0.15, 0.2) is 64.2 Å². The van der Waals surface area contributed by atoms with E-state index in [0.29, 0.717) is 47.0 Å². The lowest BCUT2D eigenvalue weighted by atomic mass is 10.0. The minimum Gasteiger partial charge on any atom is -0.486 e. The van der Waals surface area contributed by atoms with Crippen LogP contribution in [-0.4, -0.2) is 24.9 Å². The first-order valence-corrected chi connectivity index (χ1v) is 11.1. The predicted octanol–water partition coefficient (Wildman–Crippen LogP) is 3.52. The number of nitrogens with zero attached hydrogens (tertiary/aromatic N) is 3. The molecule has 2 heterocycles. The minimum absolute atomic E-state index is 0.0563. The maximum Gasteiger partial charge on any atom is 0.330 e. The molecule has 0 radical (unpaired) electrons. The molecule has 0 saturated carbocycles. The van der Waals surface area contributed by atoms with Gasteiger partial charge in [0, 0.05) is 24.2 Å². The van der Waals surface area contributed by atoms with Crippen LogP contribution < -0.4 is 16.0 Å². The maximum atomic E-state index is 12.6. The highest BCUT2D eigenvalue weighted by atomic mass is 16.5. The first-order valence-electron chi connectivity index (χ1n) is 11.1. The summed E-state index contributed by atoms with van der Waals surface area (Å²) in [6.45, 7) is 5.07. The molecule has 0 aliphatic heterocycles. The number of ether oxygens (including phenoxy) is 1. The Morgan fingerprint density at radius 2 is 1.67 bits per heavy atom. The fraction of sp³-hybridized carbons (Fsp3) is 0.280. The van der Waals surface area contributed by atoms with Gasteiger partial charge in [0.2, 0.25) is 0 Å². The van der Waals surface area contributed by atoms with Gasteiger partial charge in [0.25, 0.3) is 5.56 Å². The van der Waals surface area contributed by atoms with Crippen molar-refractivity contribution in [2.75, 3.05) is 0 Å². The predicted molar refractivity (Wildman–Crippen MR) is 126 cm³/mol. The summed E-state index contributed by atoms with van der Waals surface area (Å²) in [5.74, 6) is 1.07. The van der Waals surface area contributed by atoms with Crippen molar-refractivity contribution >= 4 is 16.9 Å². The van der Waals surface area contributed by atoms with Gasteiger partial charge in [-0.25, -0.2) is 9.78 Å². The highest BCUT2D eigenvalue weighted by Gasteiger charge is 2.18. The van der Waals surface area contributed by atoms with Crippen molar-refractivity contribution in [3.05, 3.63) is 92.4 Å². The number of nitrogens with one attached hydrogen (secondary N) is 1. The topological polar surface area (TPSA) is 99.0 Å². The van der Waals surface area contributed by atoms with Crippen molar-refractivity contribution in [2.24, 2.45) is 0 Å². The zero-order valence-electron chi connectivity index (χ0n) is 18.7. The molecule has 8 heteroatoms. The molecular formula is C25H26N4O4. The Labute approximate surface area is 190 Å². The average molecular weight is 447 g/mol. The lowest BCUT2D eigenvalue weighted by Gasteiger charge is -2.09. The number of hydrogen-bond acceptors (Lipinski definition) is 5. The quantitative estimate of drug-likeness (QED) is 0.397. The zero-order chi connectivity index (χ0) is 23.4. The number of ketones is 1. The number of hydrogen-bond donors (Lipinski definition) is 1. The largest absolute Gasteiger partial charge is 0.486 e. The minimum atomic E-state index is -0.452. The molecule has 170 valence electrons. The van der Waals surface area contributed by atoms with E-state index in [1.54, 1.807) is 41.0 Å². The number of fused-ring (bicyclic) bond motifs is 1. The van der Waals surface area contributed by atoms with E-state index in [9.17, 15) is 14.4 Å².